The van der Waals surface area contributed by atoms with Crippen LogP contribution in [0.2, 0.25) is 0 Å². The van der Waals surface area contributed by atoms with E-state index in [-0.39, 0.29) is 6.10 Å². The molecule has 2 saturated heterocycles. The van der Waals surface area contributed by atoms with Crippen molar-refractivity contribution in [2.75, 3.05) is 37.8 Å². The molecule has 5 rings (SSSR count). The minimum Gasteiger partial charge on any atom is -0.381 e. The minimum atomic E-state index is -0.0406. The fraction of sp³-hybridized carbons (Fsp3) is 0.533. The highest BCUT2D eigenvalue weighted by molar-refractivity contribution is 7.09. The molecule has 0 radical (unpaired) electrons. The zero-order valence-electron chi connectivity index (χ0n) is 13.5. The van der Waals surface area contributed by atoms with Crippen LogP contribution in [0, 0.1) is 0 Å². The van der Waals surface area contributed by atoms with Gasteiger partial charge in [-0.05, 0) is 29.0 Å². The molecule has 2 aliphatic heterocycles. The summed E-state index contributed by atoms with van der Waals surface area (Å²) in [5.74, 6) is 1.27. The molecule has 0 saturated carbocycles. The Kier molecular flexibility index (Phi) is 3.80. The number of tetrazole rings is 1. The van der Waals surface area contributed by atoms with Crippen LogP contribution in [-0.4, -0.2) is 63.1 Å². The highest BCUT2D eigenvalue weighted by Crippen LogP contribution is 2.31. The van der Waals surface area contributed by atoms with Crippen molar-refractivity contribution in [2.45, 2.75) is 18.4 Å². The first-order valence-corrected chi connectivity index (χ1v) is 9.20. The second-order valence-corrected chi connectivity index (χ2v) is 7.08. The Balaban J connectivity index is 1.35. The molecule has 9 nitrogen and oxygen atoms in total. The average Bonchev–Trinajstić information content (AvgIpc) is 3.41. The molecule has 5 heterocycles. The molecular formula is C15H17N7O2S. The van der Waals surface area contributed by atoms with E-state index in [0.717, 1.165) is 49.2 Å². The molecule has 2 aliphatic rings. The van der Waals surface area contributed by atoms with Crippen molar-refractivity contribution < 1.29 is 9.47 Å². The van der Waals surface area contributed by atoms with Gasteiger partial charge in [0, 0.05) is 24.4 Å². The van der Waals surface area contributed by atoms with Gasteiger partial charge in [0.1, 0.15) is 11.1 Å². The van der Waals surface area contributed by atoms with Crippen LogP contribution in [0.15, 0.2) is 17.5 Å². The molecule has 0 spiro atoms. The van der Waals surface area contributed by atoms with Gasteiger partial charge < -0.3 is 14.4 Å². The number of rotatable bonds is 3. The summed E-state index contributed by atoms with van der Waals surface area (Å²) in [5.41, 5.74) is 1.77. The predicted molar refractivity (Wildman–Crippen MR) is 89.8 cm³/mol. The van der Waals surface area contributed by atoms with Crippen molar-refractivity contribution in [1.82, 2.24) is 30.2 Å². The number of hydrogen-bond acceptors (Lipinski definition) is 9. The van der Waals surface area contributed by atoms with Crippen molar-refractivity contribution >= 4 is 22.8 Å². The normalized spacial score (nSPS) is 24.2. The van der Waals surface area contributed by atoms with E-state index in [2.05, 4.69) is 30.9 Å². The van der Waals surface area contributed by atoms with Crippen molar-refractivity contribution in [3.63, 3.8) is 0 Å². The summed E-state index contributed by atoms with van der Waals surface area (Å²) in [7, 11) is 0. The van der Waals surface area contributed by atoms with Gasteiger partial charge in [-0.25, -0.2) is 4.98 Å². The van der Waals surface area contributed by atoms with Gasteiger partial charge in [-0.2, -0.15) is 0 Å². The Labute approximate surface area is 147 Å². The van der Waals surface area contributed by atoms with E-state index in [4.69, 9.17) is 14.5 Å². The lowest BCUT2D eigenvalue weighted by atomic mass is 10.1. The van der Waals surface area contributed by atoms with Crippen LogP contribution in [0.25, 0.3) is 5.65 Å². The molecule has 3 aromatic heterocycles. The molecule has 0 amide bonds. The lowest BCUT2D eigenvalue weighted by molar-refractivity contribution is 0.0391. The fourth-order valence-electron chi connectivity index (χ4n) is 3.22. The van der Waals surface area contributed by atoms with Crippen LogP contribution in [0.4, 0.5) is 5.82 Å². The summed E-state index contributed by atoms with van der Waals surface area (Å²) < 4.78 is 12.9. The van der Waals surface area contributed by atoms with Gasteiger partial charge in [-0.15, -0.1) is 26.2 Å². The number of nitrogens with zero attached hydrogens (tertiary/aromatic N) is 7. The summed E-state index contributed by atoms with van der Waals surface area (Å²) >= 11 is 1.67. The number of morpholine rings is 1. The van der Waals surface area contributed by atoms with Crippen LogP contribution in [0.3, 0.4) is 0 Å². The zero-order valence-corrected chi connectivity index (χ0v) is 14.3. The second-order valence-electron chi connectivity index (χ2n) is 6.19. The molecule has 2 fully saturated rings. The number of thiazole rings is 1. The molecule has 25 heavy (non-hydrogen) atoms. The number of fused-ring (bicyclic) bond motifs is 1. The Morgan fingerprint density at radius 2 is 2.24 bits per heavy atom. The predicted octanol–water partition coefficient (Wildman–Crippen LogP) is 1.06. The molecule has 0 aromatic carbocycles. The van der Waals surface area contributed by atoms with Crippen molar-refractivity contribution in [1.29, 1.82) is 0 Å². The van der Waals surface area contributed by atoms with Crippen molar-refractivity contribution in [3.8, 4) is 0 Å². The largest absolute Gasteiger partial charge is 0.381 e. The quantitative estimate of drug-likeness (QED) is 0.686. The first-order valence-electron chi connectivity index (χ1n) is 8.32. The summed E-state index contributed by atoms with van der Waals surface area (Å²) in [6.45, 7) is 3.75. The summed E-state index contributed by atoms with van der Waals surface area (Å²) in [6, 6.07) is 3.81. The smallest absolute Gasteiger partial charge is 0.200 e. The lowest BCUT2D eigenvalue weighted by Crippen LogP contribution is -2.39. The highest BCUT2D eigenvalue weighted by Gasteiger charge is 2.27. The van der Waals surface area contributed by atoms with E-state index in [9.17, 15) is 0 Å². The Morgan fingerprint density at radius 3 is 3.16 bits per heavy atom. The monoisotopic (exact) mass is 359 g/mol. The molecule has 3 aromatic rings. The highest BCUT2D eigenvalue weighted by atomic mass is 32.1. The first-order chi connectivity index (χ1) is 12.4. The maximum atomic E-state index is 5.96. The maximum absolute atomic E-state index is 5.96. The molecule has 10 heteroatoms. The van der Waals surface area contributed by atoms with E-state index < -0.39 is 0 Å². The average molecular weight is 359 g/mol. The van der Waals surface area contributed by atoms with Crippen LogP contribution < -0.4 is 4.90 Å². The Bertz CT molecular complexity index is 876. The van der Waals surface area contributed by atoms with Gasteiger partial charge in [0.05, 0.1) is 25.5 Å². The van der Waals surface area contributed by atoms with Crippen LogP contribution in [0.1, 0.15) is 29.1 Å². The van der Waals surface area contributed by atoms with Crippen molar-refractivity contribution in [2.24, 2.45) is 0 Å². The molecular weight excluding hydrogens is 342 g/mol. The van der Waals surface area contributed by atoms with Gasteiger partial charge >= 0.3 is 0 Å². The number of anilines is 1. The lowest BCUT2D eigenvalue weighted by Gasteiger charge is -2.32. The Morgan fingerprint density at radius 1 is 1.24 bits per heavy atom. The SMILES string of the molecule is c1sc(C2CN(c3ccc4nnnn4n3)CCO2)nc1C1CCOC1. The summed E-state index contributed by atoms with van der Waals surface area (Å²) in [4.78, 5) is 7.00. The molecule has 0 N–H and O–H groups in total. The zero-order chi connectivity index (χ0) is 16.6. The standard InChI is InChI=1S/C15H17N7O2S/c1-2-14(18-22-13(1)17-19-20-22)21-4-6-24-12(7-21)15-16-11(9-25-15)10-3-5-23-8-10/h1-2,9-10,12H,3-8H2. The minimum absolute atomic E-state index is 0.0406. The van der Waals surface area contributed by atoms with Gasteiger partial charge in [0.2, 0.25) is 0 Å². The van der Waals surface area contributed by atoms with Crippen LogP contribution in [0.5, 0.6) is 0 Å². The third-order valence-corrected chi connectivity index (χ3v) is 5.56. The van der Waals surface area contributed by atoms with E-state index in [1.54, 1.807) is 11.3 Å². The number of aromatic nitrogens is 6. The molecule has 2 atom stereocenters. The maximum Gasteiger partial charge on any atom is 0.200 e. The summed E-state index contributed by atoms with van der Waals surface area (Å²) in [5, 5.41) is 19.0. The van der Waals surface area contributed by atoms with Gasteiger partial charge in [0.25, 0.3) is 0 Å². The van der Waals surface area contributed by atoms with Gasteiger partial charge in [-0.1, -0.05) is 0 Å². The topological polar surface area (TPSA) is 90.6 Å². The summed E-state index contributed by atoms with van der Waals surface area (Å²) in [6.07, 6.45) is 1.01. The Hall–Kier alpha value is -2.17. The second kappa shape index (κ2) is 6.28. The van der Waals surface area contributed by atoms with E-state index in [1.165, 1.54) is 4.63 Å². The van der Waals surface area contributed by atoms with Crippen LogP contribution >= 0.6 is 11.3 Å². The molecule has 130 valence electrons. The molecule has 2 unspecified atom stereocenters. The van der Waals surface area contributed by atoms with E-state index in [0.29, 0.717) is 18.2 Å². The number of ether oxygens (including phenoxy) is 2. The molecule has 0 aliphatic carbocycles. The molecule has 0 bridgehead atoms. The number of hydrogen-bond donors (Lipinski definition) is 0. The van der Waals surface area contributed by atoms with Crippen LogP contribution in [-0.2, 0) is 9.47 Å². The third kappa shape index (κ3) is 2.86. The van der Waals surface area contributed by atoms with Crippen molar-refractivity contribution in [3.05, 3.63) is 28.2 Å². The van der Waals surface area contributed by atoms with Gasteiger partial charge in [0.15, 0.2) is 11.5 Å². The first kappa shape index (κ1) is 15.1. The van der Waals surface area contributed by atoms with Gasteiger partial charge in [-0.3, -0.25) is 0 Å². The van der Waals surface area contributed by atoms with E-state index in [1.807, 2.05) is 12.1 Å². The fourth-order valence-corrected chi connectivity index (χ4v) is 4.16. The van der Waals surface area contributed by atoms with E-state index >= 15 is 0 Å². The third-order valence-electron chi connectivity index (χ3n) is 4.61.